The molecule has 0 bridgehead atoms. The van der Waals surface area contributed by atoms with Gasteiger partial charge in [0.15, 0.2) is 0 Å². The molecule has 13 heavy (non-hydrogen) atoms. The minimum atomic E-state index is -2.54. The summed E-state index contributed by atoms with van der Waals surface area (Å²) in [5.74, 6) is 0. The van der Waals surface area contributed by atoms with Crippen LogP contribution in [0.25, 0.3) is 0 Å². The molecule has 0 atom stereocenters. The Labute approximate surface area is 79.2 Å². The number of hydrogen-bond donors (Lipinski definition) is 1. The third-order valence-corrected chi connectivity index (χ3v) is 5.03. The maximum absolute atomic E-state index is 9.24. The van der Waals surface area contributed by atoms with Crippen LogP contribution in [-0.4, -0.2) is 34.1 Å². The molecule has 0 amide bonds. The Morgan fingerprint density at radius 2 is 1.69 bits per heavy atom. The molecule has 0 heterocycles. The third-order valence-electron chi connectivity index (χ3n) is 2.08. The monoisotopic (exact) mass is 198 g/mol. The molecular formula is C9H14O3Si. The summed E-state index contributed by atoms with van der Waals surface area (Å²) in [6.07, 6.45) is -0.0655. The first kappa shape index (κ1) is 10.4. The molecule has 4 heteroatoms. The predicted octanol–water partition coefficient (Wildman–Crippen LogP) is 0.160. The molecule has 1 N–H and O–H groups in total. The van der Waals surface area contributed by atoms with E-state index in [1.54, 1.807) is 14.2 Å². The van der Waals surface area contributed by atoms with Gasteiger partial charge in [-0.15, -0.1) is 0 Å². The first-order valence-electron chi connectivity index (χ1n) is 4.06. The molecule has 0 aromatic heterocycles. The molecule has 0 aliphatic carbocycles. The molecule has 1 aromatic carbocycles. The zero-order valence-corrected chi connectivity index (χ0v) is 8.86. The lowest BCUT2D eigenvalue weighted by Crippen LogP contribution is -2.56. The topological polar surface area (TPSA) is 38.7 Å². The molecule has 1 aromatic rings. The van der Waals surface area contributed by atoms with Crippen LogP contribution in [0.3, 0.4) is 0 Å². The molecule has 0 aliphatic heterocycles. The van der Waals surface area contributed by atoms with Crippen molar-refractivity contribution in [3.05, 3.63) is 30.3 Å². The average Bonchev–Trinajstić information content (AvgIpc) is 2.23. The third kappa shape index (κ3) is 1.97. The van der Waals surface area contributed by atoms with Crippen LogP contribution < -0.4 is 5.19 Å². The van der Waals surface area contributed by atoms with Crippen molar-refractivity contribution >= 4 is 13.7 Å². The summed E-state index contributed by atoms with van der Waals surface area (Å²) in [7, 11) is 0.599. The fraction of sp³-hybridized carbons (Fsp3) is 0.333. The molecule has 1 rings (SSSR count). The molecule has 3 nitrogen and oxygen atoms in total. The van der Waals surface area contributed by atoms with E-state index >= 15 is 0 Å². The highest BCUT2D eigenvalue weighted by Gasteiger charge is 2.37. The maximum atomic E-state index is 9.24. The van der Waals surface area contributed by atoms with E-state index in [1.807, 2.05) is 30.3 Å². The Kier molecular flexibility index (Phi) is 3.62. The number of benzene rings is 1. The first-order valence-corrected chi connectivity index (χ1v) is 6.08. The average molecular weight is 198 g/mol. The lowest BCUT2D eigenvalue weighted by molar-refractivity contribution is 0.211. The van der Waals surface area contributed by atoms with Crippen molar-refractivity contribution in [2.24, 2.45) is 0 Å². The lowest BCUT2D eigenvalue weighted by atomic mass is 10.4. The first-order chi connectivity index (χ1) is 6.29. The van der Waals surface area contributed by atoms with Crippen molar-refractivity contribution < 1.29 is 14.0 Å². The summed E-state index contributed by atoms with van der Waals surface area (Å²) in [5, 5.41) is 10.2. The van der Waals surface area contributed by atoms with Gasteiger partial charge in [0.05, 0.1) is 6.23 Å². The smallest absolute Gasteiger partial charge is 0.394 e. The molecule has 0 unspecified atom stereocenters. The summed E-state index contributed by atoms with van der Waals surface area (Å²) < 4.78 is 10.6. The van der Waals surface area contributed by atoms with Gasteiger partial charge in [-0.1, -0.05) is 30.3 Å². The Bertz CT molecular complexity index is 238. The minimum Gasteiger partial charge on any atom is -0.394 e. The highest BCUT2D eigenvalue weighted by Crippen LogP contribution is 2.04. The normalized spacial score (nSPS) is 11.6. The fourth-order valence-electron chi connectivity index (χ4n) is 1.23. The van der Waals surface area contributed by atoms with Gasteiger partial charge in [0.25, 0.3) is 0 Å². The second kappa shape index (κ2) is 4.52. The van der Waals surface area contributed by atoms with Crippen LogP contribution in [0.5, 0.6) is 0 Å². The van der Waals surface area contributed by atoms with Gasteiger partial charge in [-0.2, -0.15) is 0 Å². The molecular weight excluding hydrogens is 184 g/mol. The standard InChI is InChI=1S/C9H14O3Si/c1-11-13(8-10,12-2)9-6-4-3-5-7-9/h3-7,10H,8H2,1-2H3. The van der Waals surface area contributed by atoms with E-state index in [4.69, 9.17) is 8.85 Å². The number of rotatable bonds is 4. The number of hydrogen-bond acceptors (Lipinski definition) is 3. The summed E-state index contributed by atoms with van der Waals surface area (Å²) in [6, 6.07) is 9.56. The fourth-order valence-corrected chi connectivity index (χ4v) is 3.01. The highest BCUT2D eigenvalue weighted by atomic mass is 28.4. The number of aliphatic hydroxyl groups excluding tert-OH is 1. The van der Waals surface area contributed by atoms with Crippen LogP contribution in [0.1, 0.15) is 0 Å². The van der Waals surface area contributed by atoms with Crippen LogP contribution in [0.2, 0.25) is 0 Å². The SMILES string of the molecule is CO[Si](CO)(OC)c1ccccc1. The second-order valence-electron chi connectivity index (χ2n) is 2.69. The highest BCUT2D eigenvalue weighted by molar-refractivity contribution is 6.80. The van der Waals surface area contributed by atoms with Crippen molar-refractivity contribution in [3.8, 4) is 0 Å². The summed E-state index contributed by atoms with van der Waals surface area (Å²) >= 11 is 0. The largest absolute Gasteiger partial charge is 0.398 e. The van der Waals surface area contributed by atoms with Crippen LogP contribution >= 0.6 is 0 Å². The zero-order valence-electron chi connectivity index (χ0n) is 7.86. The molecule has 0 saturated carbocycles. The zero-order chi connectivity index (χ0) is 9.73. The van der Waals surface area contributed by atoms with Crippen molar-refractivity contribution in [2.45, 2.75) is 0 Å². The Morgan fingerprint density at radius 1 is 1.15 bits per heavy atom. The maximum Gasteiger partial charge on any atom is 0.398 e. The Balaban J connectivity index is 3.01. The summed E-state index contributed by atoms with van der Waals surface area (Å²) in [5.41, 5.74) is 0. The molecule has 0 fully saturated rings. The van der Waals surface area contributed by atoms with Gasteiger partial charge in [-0.05, 0) is 5.19 Å². The molecule has 72 valence electrons. The van der Waals surface area contributed by atoms with Crippen molar-refractivity contribution in [3.63, 3.8) is 0 Å². The van der Waals surface area contributed by atoms with Crippen molar-refractivity contribution in [1.82, 2.24) is 0 Å². The van der Waals surface area contributed by atoms with Crippen molar-refractivity contribution in [1.29, 1.82) is 0 Å². The quantitative estimate of drug-likeness (QED) is 0.700. The Morgan fingerprint density at radius 3 is 2.08 bits per heavy atom. The molecule has 0 aliphatic rings. The Hall–Kier alpha value is -0.683. The second-order valence-corrected chi connectivity index (χ2v) is 5.90. The number of aliphatic hydroxyl groups is 1. The van der Waals surface area contributed by atoms with Crippen LogP contribution in [-0.2, 0) is 8.85 Å². The van der Waals surface area contributed by atoms with Gasteiger partial charge < -0.3 is 14.0 Å². The van der Waals surface area contributed by atoms with Crippen LogP contribution in [0, 0.1) is 0 Å². The van der Waals surface area contributed by atoms with Gasteiger partial charge in [0.1, 0.15) is 0 Å². The van der Waals surface area contributed by atoms with Crippen LogP contribution in [0.15, 0.2) is 30.3 Å². The lowest BCUT2D eigenvalue weighted by Gasteiger charge is -2.25. The van der Waals surface area contributed by atoms with Gasteiger partial charge in [0, 0.05) is 14.2 Å². The van der Waals surface area contributed by atoms with E-state index in [1.165, 1.54) is 0 Å². The van der Waals surface area contributed by atoms with E-state index in [-0.39, 0.29) is 6.23 Å². The summed E-state index contributed by atoms with van der Waals surface area (Å²) in [4.78, 5) is 0. The van der Waals surface area contributed by atoms with E-state index < -0.39 is 8.56 Å². The van der Waals surface area contributed by atoms with Gasteiger partial charge in [0.2, 0.25) is 0 Å². The summed E-state index contributed by atoms with van der Waals surface area (Å²) in [6.45, 7) is 0. The molecule has 0 saturated heterocycles. The van der Waals surface area contributed by atoms with Crippen LogP contribution in [0.4, 0.5) is 0 Å². The van der Waals surface area contributed by atoms with E-state index in [0.717, 1.165) is 5.19 Å². The molecule has 0 radical (unpaired) electrons. The predicted molar refractivity (Wildman–Crippen MR) is 52.9 cm³/mol. The van der Waals surface area contributed by atoms with Gasteiger partial charge in [-0.3, -0.25) is 0 Å². The van der Waals surface area contributed by atoms with Gasteiger partial charge in [-0.25, -0.2) is 0 Å². The minimum absolute atomic E-state index is 0.0655. The van der Waals surface area contributed by atoms with E-state index in [0.29, 0.717) is 0 Å². The van der Waals surface area contributed by atoms with Gasteiger partial charge >= 0.3 is 8.56 Å². The van der Waals surface area contributed by atoms with E-state index in [2.05, 4.69) is 0 Å². The van der Waals surface area contributed by atoms with E-state index in [9.17, 15) is 5.11 Å². The molecule has 0 spiro atoms. The van der Waals surface area contributed by atoms with Crippen molar-refractivity contribution in [2.75, 3.05) is 20.4 Å².